The Bertz CT molecular complexity index is 2860. The van der Waals surface area contributed by atoms with Gasteiger partial charge < -0.3 is 89.8 Å². The maximum atomic E-state index is 13.7. The second-order valence-corrected chi connectivity index (χ2v) is 23.5. The van der Waals surface area contributed by atoms with Crippen LogP contribution in [0.3, 0.4) is 0 Å². The van der Waals surface area contributed by atoms with Crippen molar-refractivity contribution in [2.24, 2.45) is 41.2 Å². The van der Waals surface area contributed by atoms with Crippen LogP contribution in [-0.4, -0.2) is 226 Å². The van der Waals surface area contributed by atoms with Gasteiger partial charge in [0.15, 0.2) is 5.96 Å². The van der Waals surface area contributed by atoms with Gasteiger partial charge in [-0.3, -0.25) is 91.8 Å². The first-order valence-corrected chi connectivity index (χ1v) is 30.0. The lowest BCUT2D eigenvalue weighted by molar-refractivity contribution is -0.145. The molecule has 0 aromatic rings. The minimum atomic E-state index is -1.84. The summed E-state index contributed by atoms with van der Waals surface area (Å²) in [5.74, 6) is -18.0. The highest BCUT2D eigenvalue weighted by Gasteiger charge is 2.59. The standard InChI is InChI=1S/C56H84N16O20/c1-26(2)16-33(70-53(90)36-9-7-15-71(36)41(77)23-61-40(76)25-72-54(91)45-29-10-11-30(18-29)46(45)55(72)92)48(85)63-22-39(75)67-34(17-27(3)4)52(89)65-28(5)47(84)62-20-37(73)60-21-38(74)66-32(12-13-42(78)79)51(88)68-31(8-6-14-59-56(57)58)50(87)69-35(19-43(80)81)49(86)64-24-44(82)83/h10-11,26-36,45-46H,6-9,12-25H2,1-5H3,(H,60,73)(H,61,76)(H,62,84)(H,63,85)(H,64,86)(H,65,89)(H,66,74)(H,67,75)(H,68,88)(H,69,87)(H,70,90)(H,78,79)(H,80,81)(H,82,83)(H4,57,58,59)/t28-,29?,30?,31-,32-,33-,34-,35-,36-,45?,46?/m0/s1. The first kappa shape index (κ1) is 74.7. The van der Waals surface area contributed by atoms with Crippen molar-refractivity contribution < 1.29 is 96.8 Å². The first-order chi connectivity index (χ1) is 43.3. The molecular weight excluding hydrogens is 1220 g/mol. The predicted octanol–water partition coefficient (Wildman–Crippen LogP) is -6.93. The van der Waals surface area contributed by atoms with Crippen molar-refractivity contribution in [1.82, 2.24) is 73.6 Å². The smallest absolute Gasteiger partial charge is 0.322 e. The molecule has 14 amide bonds. The van der Waals surface area contributed by atoms with Crippen LogP contribution in [0.5, 0.6) is 0 Å². The number of likely N-dealkylation sites (tertiary alicyclic amines) is 2. The Balaban J connectivity index is 1.25. The van der Waals surface area contributed by atoms with E-state index in [-0.39, 0.29) is 68.9 Å². The molecule has 508 valence electrons. The van der Waals surface area contributed by atoms with Gasteiger partial charge in [0, 0.05) is 19.5 Å². The van der Waals surface area contributed by atoms with Gasteiger partial charge in [-0.1, -0.05) is 39.8 Å². The van der Waals surface area contributed by atoms with Gasteiger partial charge in [-0.2, -0.15) is 0 Å². The van der Waals surface area contributed by atoms with E-state index in [0.29, 0.717) is 6.42 Å². The monoisotopic (exact) mass is 1300 g/mol. The molecule has 36 nitrogen and oxygen atoms in total. The molecule has 1 saturated carbocycles. The lowest BCUT2D eigenvalue weighted by atomic mass is 9.85. The van der Waals surface area contributed by atoms with Crippen molar-refractivity contribution in [2.45, 2.75) is 141 Å². The number of nitrogens with two attached hydrogens (primary N) is 1. The minimum absolute atomic E-state index is 0.000619. The highest BCUT2D eigenvalue weighted by Crippen LogP contribution is 2.52. The van der Waals surface area contributed by atoms with Crippen molar-refractivity contribution in [3.05, 3.63) is 12.2 Å². The van der Waals surface area contributed by atoms with Gasteiger partial charge >= 0.3 is 17.9 Å². The van der Waals surface area contributed by atoms with E-state index < -0.39 is 219 Å². The summed E-state index contributed by atoms with van der Waals surface area (Å²) >= 11 is 0. The highest BCUT2D eigenvalue weighted by molar-refractivity contribution is 6.09. The largest absolute Gasteiger partial charge is 0.481 e. The normalized spacial score (nSPS) is 19.6. The van der Waals surface area contributed by atoms with Crippen molar-refractivity contribution in [1.29, 1.82) is 5.41 Å². The number of allylic oxidation sites excluding steroid dienone is 2. The summed E-state index contributed by atoms with van der Waals surface area (Å²) in [6.07, 6.45) is 2.83. The van der Waals surface area contributed by atoms with E-state index in [2.05, 4.69) is 58.5 Å². The van der Waals surface area contributed by atoms with Gasteiger partial charge in [-0.05, 0) is 82.0 Å². The van der Waals surface area contributed by atoms with Crippen molar-refractivity contribution >= 4 is 107 Å². The number of carboxylic acid groups (broad SMARTS) is 3. The summed E-state index contributed by atoms with van der Waals surface area (Å²) in [5.41, 5.74) is 5.29. The first-order valence-electron chi connectivity index (χ1n) is 30.0. The van der Waals surface area contributed by atoms with E-state index >= 15 is 0 Å². The molecule has 4 rings (SSSR count). The second-order valence-electron chi connectivity index (χ2n) is 23.5. The molecule has 2 heterocycles. The number of rotatable bonds is 38. The van der Waals surface area contributed by atoms with Crippen molar-refractivity contribution in [3.63, 3.8) is 0 Å². The molecule has 11 atom stereocenters. The van der Waals surface area contributed by atoms with Crippen molar-refractivity contribution in [3.8, 4) is 0 Å². The fraction of sp³-hybridized carbons (Fsp3) is 0.643. The molecule has 0 aromatic heterocycles. The summed E-state index contributed by atoms with van der Waals surface area (Å²) in [6, 6.07) is -9.92. The average Bonchev–Trinajstić information content (AvgIpc) is 1.58. The highest BCUT2D eigenvalue weighted by atomic mass is 16.4. The number of carbonyl (C=O) groups excluding carboxylic acids is 14. The summed E-state index contributed by atoms with van der Waals surface area (Å²) in [7, 11) is 0. The van der Waals surface area contributed by atoms with Crippen LogP contribution < -0.4 is 69.5 Å². The van der Waals surface area contributed by atoms with Crippen LogP contribution in [0.4, 0.5) is 0 Å². The maximum Gasteiger partial charge on any atom is 0.322 e. The van der Waals surface area contributed by atoms with Gasteiger partial charge in [0.1, 0.15) is 55.4 Å². The van der Waals surface area contributed by atoms with Gasteiger partial charge in [-0.25, -0.2) is 0 Å². The van der Waals surface area contributed by atoms with Crippen LogP contribution >= 0.6 is 0 Å². The van der Waals surface area contributed by atoms with Crippen LogP contribution in [0, 0.1) is 40.9 Å². The molecule has 2 bridgehead atoms. The second kappa shape index (κ2) is 35.6. The molecule has 4 aliphatic rings. The van der Waals surface area contributed by atoms with E-state index in [1.807, 2.05) is 17.5 Å². The molecule has 4 unspecified atom stereocenters. The van der Waals surface area contributed by atoms with Gasteiger partial charge in [0.05, 0.1) is 44.4 Å². The Morgan fingerprint density at radius 3 is 1.61 bits per heavy atom. The van der Waals surface area contributed by atoms with E-state index in [1.54, 1.807) is 27.7 Å². The lowest BCUT2D eigenvalue weighted by Gasteiger charge is -2.27. The Hall–Kier alpha value is -9.80. The number of nitrogens with one attached hydrogen (secondary N) is 13. The third-order valence-corrected chi connectivity index (χ3v) is 15.3. The number of imide groups is 1. The molecule has 92 heavy (non-hydrogen) atoms. The fourth-order valence-electron chi connectivity index (χ4n) is 10.9. The average molecular weight is 1300 g/mol. The number of carboxylic acids is 3. The third-order valence-electron chi connectivity index (χ3n) is 15.3. The molecule has 18 N–H and O–H groups in total. The summed E-state index contributed by atoms with van der Waals surface area (Å²) < 4.78 is 0. The zero-order valence-corrected chi connectivity index (χ0v) is 51.6. The third kappa shape index (κ3) is 23.5. The molecule has 0 radical (unpaired) electrons. The Labute approximate surface area is 527 Å². The van der Waals surface area contributed by atoms with Gasteiger partial charge in [0.25, 0.3) is 0 Å². The zero-order chi connectivity index (χ0) is 68.7. The Morgan fingerprint density at radius 1 is 0.543 bits per heavy atom. The number of nitrogens with zero attached hydrogens (tertiary/aromatic N) is 2. The van der Waals surface area contributed by atoms with E-state index in [1.165, 1.54) is 11.8 Å². The van der Waals surface area contributed by atoms with Gasteiger partial charge in [0.2, 0.25) is 82.7 Å². The summed E-state index contributed by atoms with van der Waals surface area (Å²) in [5, 5.41) is 63.0. The predicted molar refractivity (Wildman–Crippen MR) is 316 cm³/mol. The molecular formula is C56H84N16O20. The molecule has 0 spiro atoms. The van der Waals surface area contributed by atoms with E-state index in [9.17, 15) is 91.7 Å². The quantitative estimate of drug-likeness (QED) is 0.00898. The topological polar surface area (TPSA) is 552 Å². The molecule has 0 aromatic carbocycles. The van der Waals surface area contributed by atoms with Crippen LogP contribution in [-0.2, 0) is 81.5 Å². The number of guanidine groups is 1. The number of hydrogen-bond donors (Lipinski definition) is 17. The Kier molecular flexibility index (Phi) is 28.9. The molecule has 36 heteroatoms. The van der Waals surface area contributed by atoms with E-state index in [0.717, 1.165) is 11.3 Å². The number of fused-ring (bicyclic) bond motifs is 5. The van der Waals surface area contributed by atoms with Crippen LogP contribution in [0.2, 0.25) is 0 Å². The molecule has 2 aliphatic heterocycles. The van der Waals surface area contributed by atoms with Crippen LogP contribution in [0.15, 0.2) is 12.2 Å². The van der Waals surface area contributed by atoms with E-state index in [4.69, 9.17) is 16.2 Å². The van der Waals surface area contributed by atoms with Crippen LogP contribution in [0.1, 0.15) is 98.8 Å². The SMILES string of the molecule is CC(C)C[C@H](NC(=O)CNC(=O)[C@H](CC(C)C)NC(=O)[C@@H]1CCCN1C(=O)CNC(=O)CN1C(=O)C2C3C=CC(C3)C2C1=O)C(=O)N[C@@H](C)C(=O)NCC(=O)NCC(=O)N[C@@H](CCC(=O)O)C(=O)N[C@@H](CCCNC(=N)N)C(=O)N[C@@H](CC(=O)O)C(=O)NCC(=O)O. The molecule has 3 fully saturated rings. The number of amides is 14. The lowest BCUT2D eigenvalue weighted by Crippen LogP contribution is -2.58. The van der Waals surface area contributed by atoms with Crippen molar-refractivity contribution in [2.75, 3.05) is 52.4 Å². The number of hydrogen-bond acceptors (Lipinski definition) is 18. The minimum Gasteiger partial charge on any atom is -0.481 e. The number of aliphatic carboxylic acids is 3. The molecule has 2 saturated heterocycles. The Morgan fingerprint density at radius 2 is 1.04 bits per heavy atom. The van der Waals surface area contributed by atoms with Crippen LogP contribution in [0.25, 0.3) is 0 Å². The van der Waals surface area contributed by atoms with Gasteiger partial charge in [-0.15, -0.1) is 0 Å². The summed E-state index contributed by atoms with van der Waals surface area (Å²) in [6.45, 7) is 4.17. The summed E-state index contributed by atoms with van der Waals surface area (Å²) in [4.78, 5) is 221. The molecule has 2 aliphatic carbocycles. The zero-order valence-electron chi connectivity index (χ0n) is 51.6. The number of carbonyl (C=O) groups is 17. The maximum absolute atomic E-state index is 13.7. The fourth-order valence-corrected chi connectivity index (χ4v) is 10.9.